The monoisotopic (exact) mass is 252 g/mol. The van der Waals surface area contributed by atoms with Crippen LogP contribution in [-0.2, 0) is 9.53 Å². The third-order valence-corrected chi connectivity index (χ3v) is 1.95. The van der Waals surface area contributed by atoms with Crippen molar-refractivity contribution in [2.75, 3.05) is 0 Å². The van der Waals surface area contributed by atoms with Gasteiger partial charge in [-0.2, -0.15) is 0 Å². The number of hydrogen-bond donors (Lipinski definition) is 2. The lowest BCUT2D eigenvalue weighted by molar-refractivity contribution is -0.139. The molecule has 0 saturated heterocycles. The maximum Gasteiger partial charge on any atom is 0.408 e. The van der Waals surface area contributed by atoms with Crippen molar-refractivity contribution in [2.45, 2.75) is 32.4 Å². The third-order valence-electron chi connectivity index (χ3n) is 1.95. The number of aromatic nitrogens is 1. The Bertz CT molecular complexity index is 425. The van der Waals surface area contributed by atoms with Crippen LogP contribution in [0.15, 0.2) is 24.5 Å². The minimum absolute atomic E-state index is 0.434. The van der Waals surface area contributed by atoms with Crippen LogP contribution in [-0.4, -0.2) is 27.8 Å². The van der Waals surface area contributed by atoms with Crippen LogP contribution in [0.4, 0.5) is 4.79 Å². The van der Waals surface area contributed by atoms with E-state index in [1.165, 1.54) is 24.5 Å². The van der Waals surface area contributed by atoms with Gasteiger partial charge in [0.05, 0.1) is 0 Å². The molecule has 0 bridgehead atoms. The lowest BCUT2D eigenvalue weighted by Gasteiger charge is -2.22. The van der Waals surface area contributed by atoms with Gasteiger partial charge in [-0.3, -0.25) is 4.98 Å². The molecule has 0 unspecified atom stereocenters. The van der Waals surface area contributed by atoms with Crippen molar-refractivity contribution < 1.29 is 19.4 Å². The molecule has 0 spiro atoms. The molecule has 1 amide bonds. The molecule has 0 aliphatic heterocycles. The number of nitrogens with one attached hydrogen (secondary N) is 1. The zero-order valence-electron chi connectivity index (χ0n) is 10.5. The third kappa shape index (κ3) is 4.40. The summed E-state index contributed by atoms with van der Waals surface area (Å²) >= 11 is 0. The van der Waals surface area contributed by atoms with Crippen LogP contribution >= 0.6 is 0 Å². The maximum atomic E-state index is 11.5. The number of aliphatic carboxylic acids is 1. The molecule has 0 aromatic carbocycles. The van der Waals surface area contributed by atoms with Crippen molar-refractivity contribution in [2.24, 2.45) is 0 Å². The summed E-state index contributed by atoms with van der Waals surface area (Å²) in [4.78, 5) is 26.4. The minimum Gasteiger partial charge on any atom is -0.479 e. The van der Waals surface area contributed by atoms with E-state index in [1.807, 2.05) is 0 Å². The lowest BCUT2D eigenvalue weighted by Crippen LogP contribution is -2.38. The van der Waals surface area contributed by atoms with Gasteiger partial charge in [-0.15, -0.1) is 0 Å². The number of hydrogen-bond acceptors (Lipinski definition) is 4. The van der Waals surface area contributed by atoms with Gasteiger partial charge in [-0.05, 0) is 38.5 Å². The fraction of sp³-hybridized carbons (Fsp3) is 0.417. The second-order valence-electron chi connectivity index (χ2n) is 4.70. The molecule has 0 aliphatic carbocycles. The van der Waals surface area contributed by atoms with Crippen molar-refractivity contribution in [3.8, 4) is 0 Å². The van der Waals surface area contributed by atoms with Crippen molar-refractivity contribution >= 4 is 12.1 Å². The van der Waals surface area contributed by atoms with Crippen LogP contribution in [0.25, 0.3) is 0 Å². The number of carbonyl (C=O) groups excluding carboxylic acids is 1. The summed E-state index contributed by atoms with van der Waals surface area (Å²) in [6, 6.07) is 1.90. The first kappa shape index (κ1) is 14.0. The van der Waals surface area contributed by atoms with Crippen molar-refractivity contribution in [3.05, 3.63) is 30.1 Å². The molecule has 1 heterocycles. The van der Waals surface area contributed by atoms with E-state index >= 15 is 0 Å². The number of carboxylic acids is 1. The first-order chi connectivity index (χ1) is 8.29. The highest BCUT2D eigenvalue weighted by molar-refractivity contribution is 5.81. The SMILES string of the molecule is CC(C)(C)OC(=O)N[C@H](C(=O)O)c1ccncc1. The van der Waals surface area contributed by atoms with Gasteiger partial charge in [0.25, 0.3) is 0 Å². The van der Waals surface area contributed by atoms with E-state index in [9.17, 15) is 9.59 Å². The van der Waals surface area contributed by atoms with Crippen molar-refractivity contribution in [1.82, 2.24) is 10.3 Å². The number of pyridine rings is 1. The van der Waals surface area contributed by atoms with Gasteiger partial charge < -0.3 is 15.2 Å². The summed E-state index contributed by atoms with van der Waals surface area (Å²) in [6.07, 6.45) is 2.15. The fourth-order valence-electron chi connectivity index (χ4n) is 1.27. The number of carbonyl (C=O) groups is 2. The zero-order valence-corrected chi connectivity index (χ0v) is 10.5. The van der Waals surface area contributed by atoms with Crippen LogP contribution in [0.5, 0.6) is 0 Å². The summed E-state index contributed by atoms with van der Waals surface area (Å²) in [5, 5.41) is 11.4. The Balaban J connectivity index is 2.77. The Morgan fingerprint density at radius 1 is 1.33 bits per heavy atom. The second kappa shape index (κ2) is 5.48. The Hall–Kier alpha value is -2.11. The van der Waals surface area contributed by atoms with E-state index in [-0.39, 0.29) is 0 Å². The Morgan fingerprint density at radius 2 is 1.89 bits per heavy atom. The number of alkyl carbamates (subject to hydrolysis) is 1. The molecule has 6 heteroatoms. The van der Waals surface area contributed by atoms with E-state index < -0.39 is 23.7 Å². The molecule has 0 radical (unpaired) electrons. The lowest BCUT2D eigenvalue weighted by atomic mass is 10.1. The smallest absolute Gasteiger partial charge is 0.408 e. The summed E-state index contributed by atoms with van der Waals surface area (Å²) in [5.74, 6) is -1.16. The Morgan fingerprint density at radius 3 is 2.33 bits per heavy atom. The normalized spacial score (nSPS) is 12.6. The van der Waals surface area contributed by atoms with Crippen LogP contribution in [0.2, 0.25) is 0 Å². The molecule has 6 nitrogen and oxygen atoms in total. The molecule has 2 N–H and O–H groups in total. The number of ether oxygens (including phenoxy) is 1. The highest BCUT2D eigenvalue weighted by Gasteiger charge is 2.25. The molecular weight excluding hydrogens is 236 g/mol. The molecule has 18 heavy (non-hydrogen) atoms. The van der Waals surface area contributed by atoms with Crippen LogP contribution in [0.3, 0.4) is 0 Å². The summed E-state index contributed by atoms with van der Waals surface area (Å²) in [6.45, 7) is 5.11. The van der Waals surface area contributed by atoms with Gasteiger partial charge in [-0.25, -0.2) is 9.59 Å². The molecule has 1 aromatic rings. The van der Waals surface area contributed by atoms with Crippen molar-refractivity contribution in [1.29, 1.82) is 0 Å². The number of amides is 1. The standard InChI is InChI=1S/C12H16N2O4/c1-12(2,3)18-11(17)14-9(10(15)16)8-4-6-13-7-5-8/h4-7,9H,1-3H3,(H,14,17)(H,15,16)/t9-/m0/s1. The quantitative estimate of drug-likeness (QED) is 0.855. The predicted octanol–water partition coefficient (Wildman–Crippen LogP) is 1.73. The largest absolute Gasteiger partial charge is 0.479 e. The van der Waals surface area contributed by atoms with Gasteiger partial charge in [0.1, 0.15) is 5.60 Å². The Kier molecular flexibility index (Phi) is 4.25. The molecule has 0 fully saturated rings. The molecule has 1 aromatic heterocycles. The molecule has 98 valence electrons. The highest BCUT2D eigenvalue weighted by Crippen LogP contribution is 2.14. The highest BCUT2D eigenvalue weighted by atomic mass is 16.6. The average Bonchev–Trinajstić information content (AvgIpc) is 2.24. The van der Waals surface area contributed by atoms with Gasteiger partial charge in [0.15, 0.2) is 6.04 Å². The molecule has 1 atom stereocenters. The summed E-state index contributed by atoms with van der Waals surface area (Å²) in [5.41, 5.74) is -0.242. The van der Waals surface area contributed by atoms with E-state index in [0.717, 1.165) is 0 Å². The van der Waals surface area contributed by atoms with Crippen LogP contribution in [0, 0.1) is 0 Å². The number of nitrogens with zero attached hydrogens (tertiary/aromatic N) is 1. The van der Waals surface area contributed by atoms with E-state index in [2.05, 4.69) is 10.3 Å². The number of carboxylic acid groups (broad SMARTS) is 1. The Labute approximate surface area is 105 Å². The van der Waals surface area contributed by atoms with Crippen molar-refractivity contribution in [3.63, 3.8) is 0 Å². The van der Waals surface area contributed by atoms with Gasteiger partial charge in [-0.1, -0.05) is 0 Å². The molecule has 0 saturated carbocycles. The maximum absolute atomic E-state index is 11.5. The van der Waals surface area contributed by atoms with Gasteiger partial charge >= 0.3 is 12.1 Å². The van der Waals surface area contributed by atoms with E-state index in [0.29, 0.717) is 5.56 Å². The second-order valence-corrected chi connectivity index (χ2v) is 4.70. The van der Waals surface area contributed by atoms with E-state index in [4.69, 9.17) is 9.84 Å². The van der Waals surface area contributed by atoms with Gasteiger partial charge in [0, 0.05) is 12.4 Å². The average molecular weight is 252 g/mol. The number of rotatable bonds is 3. The minimum atomic E-state index is -1.16. The first-order valence-electron chi connectivity index (χ1n) is 5.42. The molecule has 0 aliphatic rings. The predicted molar refractivity (Wildman–Crippen MR) is 64.0 cm³/mol. The molecular formula is C12H16N2O4. The van der Waals surface area contributed by atoms with Gasteiger partial charge in [0.2, 0.25) is 0 Å². The van der Waals surface area contributed by atoms with E-state index in [1.54, 1.807) is 20.8 Å². The molecule has 1 rings (SSSR count). The topological polar surface area (TPSA) is 88.5 Å². The first-order valence-corrected chi connectivity index (χ1v) is 5.42. The summed E-state index contributed by atoms with van der Waals surface area (Å²) < 4.78 is 5.01. The summed E-state index contributed by atoms with van der Waals surface area (Å²) in [7, 11) is 0. The fourth-order valence-corrected chi connectivity index (χ4v) is 1.27. The van der Waals surface area contributed by atoms with Crippen LogP contribution < -0.4 is 5.32 Å². The van der Waals surface area contributed by atoms with Crippen LogP contribution in [0.1, 0.15) is 32.4 Å². The zero-order chi connectivity index (χ0) is 13.8.